The molecule has 0 spiro atoms. The van der Waals surface area contributed by atoms with Crippen molar-refractivity contribution in [2.45, 2.75) is 72.0 Å². The molecule has 198 valence electrons. The van der Waals surface area contributed by atoms with E-state index in [-0.39, 0.29) is 18.4 Å². The monoisotopic (exact) mass is 535 g/mol. The third-order valence-corrected chi connectivity index (χ3v) is 7.18. The minimum absolute atomic E-state index is 0.0423. The molecule has 2 amide bonds. The first kappa shape index (κ1) is 29.6. The minimum Gasteiger partial charge on any atom is -0.350 e. The van der Waals surface area contributed by atoms with E-state index in [9.17, 15) is 18.0 Å². The molecule has 0 fully saturated rings. The van der Waals surface area contributed by atoms with E-state index in [2.05, 4.69) is 5.32 Å². The summed E-state index contributed by atoms with van der Waals surface area (Å²) in [6.45, 7) is 11.0. The second-order valence-electron chi connectivity index (χ2n) is 10.3. The molecule has 2 aromatic carbocycles. The molecule has 7 nitrogen and oxygen atoms in total. The number of nitrogens with zero attached hydrogens (tertiary/aromatic N) is 2. The molecule has 1 atom stereocenters. The van der Waals surface area contributed by atoms with Gasteiger partial charge in [-0.3, -0.25) is 13.9 Å². The lowest BCUT2D eigenvalue weighted by Crippen LogP contribution is -2.55. The molecule has 1 N–H and O–H groups in total. The number of benzene rings is 2. The predicted molar refractivity (Wildman–Crippen MR) is 147 cm³/mol. The number of rotatable bonds is 10. The predicted octanol–water partition coefficient (Wildman–Crippen LogP) is 4.95. The zero-order chi connectivity index (χ0) is 27.3. The maximum atomic E-state index is 13.8. The van der Waals surface area contributed by atoms with E-state index in [1.807, 2.05) is 59.7 Å². The summed E-state index contributed by atoms with van der Waals surface area (Å²) in [6, 6.07) is 13.4. The van der Waals surface area contributed by atoms with E-state index in [0.29, 0.717) is 22.7 Å². The van der Waals surface area contributed by atoms with E-state index >= 15 is 0 Å². The first-order chi connectivity index (χ1) is 16.7. The number of para-hydroxylation sites is 1. The lowest BCUT2D eigenvalue weighted by Gasteiger charge is -2.35. The SMILES string of the molecule is CC[C@H](C(=O)NC(C)(C)C)N(Cc1ccccc1Cl)C(=O)CN(c1ccccc1C(C)C)S(C)(=O)=O. The van der Waals surface area contributed by atoms with E-state index in [4.69, 9.17) is 11.6 Å². The smallest absolute Gasteiger partial charge is 0.244 e. The Kier molecular flexibility index (Phi) is 9.97. The Morgan fingerprint density at radius 2 is 1.61 bits per heavy atom. The molecule has 0 aliphatic carbocycles. The molecule has 0 bridgehead atoms. The molecule has 0 aliphatic rings. The number of nitrogens with one attached hydrogen (secondary N) is 1. The molecule has 0 aliphatic heterocycles. The first-order valence-corrected chi connectivity index (χ1v) is 14.3. The van der Waals surface area contributed by atoms with Gasteiger partial charge < -0.3 is 10.2 Å². The zero-order valence-corrected chi connectivity index (χ0v) is 23.8. The van der Waals surface area contributed by atoms with Gasteiger partial charge in [-0.25, -0.2) is 8.42 Å². The second-order valence-corrected chi connectivity index (χ2v) is 12.6. The highest BCUT2D eigenvalue weighted by Gasteiger charge is 2.33. The van der Waals surface area contributed by atoms with Gasteiger partial charge in [0.15, 0.2) is 0 Å². The van der Waals surface area contributed by atoms with Crippen molar-refractivity contribution in [3.05, 3.63) is 64.7 Å². The number of hydrogen-bond donors (Lipinski definition) is 1. The number of amides is 2. The van der Waals surface area contributed by atoms with E-state index in [0.717, 1.165) is 16.1 Å². The van der Waals surface area contributed by atoms with Crippen LogP contribution in [-0.2, 0) is 26.2 Å². The summed E-state index contributed by atoms with van der Waals surface area (Å²) in [4.78, 5) is 28.5. The zero-order valence-electron chi connectivity index (χ0n) is 22.2. The van der Waals surface area contributed by atoms with Crippen molar-refractivity contribution in [2.24, 2.45) is 0 Å². The van der Waals surface area contributed by atoms with Gasteiger partial charge in [-0.05, 0) is 56.4 Å². The van der Waals surface area contributed by atoms with Crippen LogP contribution in [0.1, 0.15) is 65.0 Å². The molecule has 0 aromatic heterocycles. The molecular formula is C27H38ClN3O4S. The van der Waals surface area contributed by atoms with Crippen LogP contribution in [-0.4, -0.2) is 49.5 Å². The van der Waals surface area contributed by atoms with Crippen LogP contribution in [0.5, 0.6) is 0 Å². The summed E-state index contributed by atoms with van der Waals surface area (Å²) < 4.78 is 26.9. The Morgan fingerprint density at radius 1 is 1.03 bits per heavy atom. The molecule has 36 heavy (non-hydrogen) atoms. The normalized spacial score (nSPS) is 12.8. The van der Waals surface area contributed by atoms with Crippen LogP contribution >= 0.6 is 11.6 Å². The maximum absolute atomic E-state index is 13.8. The van der Waals surface area contributed by atoms with Crippen molar-refractivity contribution < 1.29 is 18.0 Å². The van der Waals surface area contributed by atoms with Gasteiger partial charge in [-0.2, -0.15) is 0 Å². The van der Waals surface area contributed by atoms with Gasteiger partial charge in [-0.1, -0.05) is 68.8 Å². The van der Waals surface area contributed by atoms with Crippen LogP contribution in [0.15, 0.2) is 48.5 Å². The Labute approximate surface area is 220 Å². The van der Waals surface area contributed by atoms with Crippen molar-refractivity contribution in [1.82, 2.24) is 10.2 Å². The van der Waals surface area contributed by atoms with Crippen LogP contribution in [0.2, 0.25) is 5.02 Å². The molecule has 0 heterocycles. The van der Waals surface area contributed by atoms with Crippen LogP contribution in [0.25, 0.3) is 0 Å². The lowest BCUT2D eigenvalue weighted by molar-refractivity contribution is -0.141. The quantitative estimate of drug-likeness (QED) is 0.466. The average Bonchev–Trinajstić information content (AvgIpc) is 2.76. The van der Waals surface area contributed by atoms with Gasteiger partial charge in [0.05, 0.1) is 11.9 Å². The number of carbonyl (C=O) groups excluding carboxylic acids is 2. The van der Waals surface area contributed by atoms with Gasteiger partial charge in [0.1, 0.15) is 12.6 Å². The fraction of sp³-hybridized carbons (Fsp3) is 0.481. The standard InChI is InChI=1S/C27H38ClN3O4S/c1-8-23(26(33)29-27(4,5)6)30(17-20-13-9-11-15-22(20)28)25(32)18-31(36(7,34)35)24-16-12-10-14-21(24)19(2)3/h9-16,19,23H,8,17-18H2,1-7H3,(H,29,33)/t23-/m1/s1. The van der Waals surface area contributed by atoms with Gasteiger partial charge in [0, 0.05) is 17.1 Å². The summed E-state index contributed by atoms with van der Waals surface area (Å²) in [5.74, 6) is -0.755. The van der Waals surface area contributed by atoms with Gasteiger partial charge in [0.25, 0.3) is 0 Å². The Morgan fingerprint density at radius 3 is 2.14 bits per heavy atom. The summed E-state index contributed by atoms with van der Waals surface area (Å²) in [6.07, 6.45) is 1.43. The molecule has 0 radical (unpaired) electrons. The third-order valence-electron chi connectivity index (χ3n) is 5.69. The van der Waals surface area contributed by atoms with Crippen molar-refractivity contribution in [2.75, 3.05) is 17.1 Å². The molecular weight excluding hydrogens is 498 g/mol. The third kappa shape index (κ3) is 7.96. The topological polar surface area (TPSA) is 86.8 Å². The van der Waals surface area contributed by atoms with Crippen LogP contribution in [0.4, 0.5) is 5.69 Å². The summed E-state index contributed by atoms with van der Waals surface area (Å²) >= 11 is 6.39. The largest absolute Gasteiger partial charge is 0.350 e. The molecule has 0 unspecified atom stereocenters. The summed E-state index contributed by atoms with van der Waals surface area (Å²) in [5.41, 5.74) is 1.43. The fourth-order valence-corrected chi connectivity index (χ4v) is 5.04. The molecule has 9 heteroatoms. The highest BCUT2D eigenvalue weighted by Crippen LogP contribution is 2.29. The molecule has 0 saturated heterocycles. The number of sulfonamides is 1. The van der Waals surface area contributed by atoms with Gasteiger partial charge in [-0.15, -0.1) is 0 Å². The van der Waals surface area contributed by atoms with Crippen molar-refractivity contribution in [3.63, 3.8) is 0 Å². The van der Waals surface area contributed by atoms with Gasteiger partial charge >= 0.3 is 0 Å². The van der Waals surface area contributed by atoms with Crippen LogP contribution in [0.3, 0.4) is 0 Å². The Bertz CT molecular complexity index is 1180. The van der Waals surface area contributed by atoms with E-state index in [1.54, 1.807) is 30.3 Å². The van der Waals surface area contributed by atoms with E-state index in [1.165, 1.54) is 4.90 Å². The number of halogens is 1. The summed E-state index contributed by atoms with van der Waals surface area (Å²) in [5, 5.41) is 3.41. The van der Waals surface area contributed by atoms with Crippen LogP contribution < -0.4 is 9.62 Å². The van der Waals surface area contributed by atoms with Crippen LogP contribution in [0, 0.1) is 0 Å². The number of carbonyl (C=O) groups is 2. The minimum atomic E-state index is -3.81. The number of hydrogen-bond acceptors (Lipinski definition) is 4. The molecule has 2 aromatic rings. The Balaban J connectivity index is 2.54. The average molecular weight is 536 g/mol. The highest BCUT2D eigenvalue weighted by atomic mass is 35.5. The first-order valence-electron chi connectivity index (χ1n) is 12.1. The molecule has 0 saturated carbocycles. The molecule has 2 rings (SSSR count). The lowest BCUT2D eigenvalue weighted by atomic mass is 10.0. The Hall–Kier alpha value is -2.58. The highest BCUT2D eigenvalue weighted by molar-refractivity contribution is 7.92. The number of anilines is 1. The van der Waals surface area contributed by atoms with Gasteiger partial charge in [0.2, 0.25) is 21.8 Å². The van der Waals surface area contributed by atoms with Crippen molar-refractivity contribution in [3.8, 4) is 0 Å². The summed E-state index contributed by atoms with van der Waals surface area (Å²) in [7, 11) is -3.81. The van der Waals surface area contributed by atoms with Crippen molar-refractivity contribution in [1.29, 1.82) is 0 Å². The second kappa shape index (κ2) is 12.1. The van der Waals surface area contributed by atoms with E-state index < -0.39 is 34.1 Å². The van der Waals surface area contributed by atoms with Crippen molar-refractivity contribution >= 4 is 39.1 Å². The maximum Gasteiger partial charge on any atom is 0.244 e. The fourth-order valence-electron chi connectivity index (χ4n) is 3.98.